The van der Waals surface area contributed by atoms with E-state index in [0.29, 0.717) is 28.9 Å². The third-order valence-corrected chi connectivity index (χ3v) is 4.84. The molecule has 0 spiro atoms. The molecule has 0 aliphatic heterocycles. The summed E-state index contributed by atoms with van der Waals surface area (Å²) in [4.78, 5) is 38.9. The van der Waals surface area contributed by atoms with E-state index < -0.39 is 5.56 Å². The molecule has 1 heterocycles. The maximum Gasteiger partial charge on any atom is 0.266 e. The second-order valence-corrected chi connectivity index (χ2v) is 7.05. The number of aromatic amines is 1. The van der Waals surface area contributed by atoms with E-state index in [-0.39, 0.29) is 29.8 Å². The fourth-order valence-electron chi connectivity index (χ4n) is 3.12. The van der Waals surface area contributed by atoms with Gasteiger partial charge in [-0.15, -0.1) is 0 Å². The van der Waals surface area contributed by atoms with Gasteiger partial charge in [-0.1, -0.05) is 6.07 Å². The first-order valence-electron chi connectivity index (χ1n) is 9.22. The minimum absolute atomic E-state index is 0.0791. The second kappa shape index (κ2) is 8.09. The van der Waals surface area contributed by atoms with E-state index in [0.717, 1.165) is 18.4 Å². The summed E-state index contributed by atoms with van der Waals surface area (Å²) in [5.74, 6) is -0.342. The maximum atomic E-state index is 12.4. The molecular formula is C21H22N4O3. The summed E-state index contributed by atoms with van der Waals surface area (Å²) >= 11 is 0. The van der Waals surface area contributed by atoms with Gasteiger partial charge in [0.1, 0.15) is 11.6 Å². The van der Waals surface area contributed by atoms with E-state index in [1.807, 2.05) is 6.07 Å². The number of carbonyl (C=O) groups is 2. The van der Waals surface area contributed by atoms with Gasteiger partial charge in [-0.25, -0.2) is 0 Å². The quantitative estimate of drug-likeness (QED) is 0.715. The molecule has 0 radical (unpaired) electrons. The van der Waals surface area contributed by atoms with E-state index in [2.05, 4.69) is 15.6 Å². The van der Waals surface area contributed by atoms with Crippen molar-refractivity contribution >= 4 is 17.5 Å². The van der Waals surface area contributed by atoms with Crippen molar-refractivity contribution in [1.82, 2.24) is 10.3 Å². The molecule has 2 amide bonds. The Morgan fingerprint density at radius 2 is 2.04 bits per heavy atom. The van der Waals surface area contributed by atoms with E-state index in [1.54, 1.807) is 38.1 Å². The number of aryl methyl sites for hydroxylation is 1. The SMILES string of the molecule is Cc1[nH]c(=O)c(C#N)c(C)c1CCC(=O)Nc1cccc(C(=O)NC2CC2)c1. The number of hydrogen-bond acceptors (Lipinski definition) is 4. The van der Waals surface area contributed by atoms with Crippen LogP contribution in [0.25, 0.3) is 0 Å². The molecular weight excluding hydrogens is 356 g/mol. The maximum absolute atomic E-state index is 12.4. The highest BCUT2D eigenvalue weighted by molar-refractivity contribution is 5.97. The average Bonchev–Trinajstić information content (AvgIpc) is 3.45. The van der Waals surface area contributed by atoms with Gasteiger partial charge in [0.15, 0.2) is 0 Å². The summed E-state index contributed by atoms with van der Waals surface area (Å²) in [6.07, 6.45) is 2.62. The number of nitriles is 1. The molecule has 7 heteroatoms. The predicted octanol–water partition coefficient (Wildman–Crippen LogP) is 2.33. The molecule has 1 saturated carbocycles. The fourth-order valence-corrected chi connectivity index (χ4v) is 3.12. The largest absolute Gasteiger partial charge is 0.349 e. The highest BCUT2D eigenvalue weighted by Gasteiger charge is 2.23. The number of carbonyl (C=O) groups excluding carboxylic acids is 2. The summed E-state index contributed by atoms with van der Waals surface area (Å²) in [6.45, 7) is 3.47. The summed E-state index contributed by atoms with van der Waals surface area (Å²) in [6, 6.07) is 9.01. The Hall–Kier alpha value is -3.40. The highest BCUT2D eigenvalue weighted by atomic mass is 16.2. The standard InChI is InChI=1S/C21H22N4O3/c1-12-17(13(2)23-21(28)18(12)11-22)8-9-19(26)24-16-5-3-4-14(10-16)20(27)25-15-6-7-15/h3-5,10,15H,6-9H2,1-2H3,(H,23,28)(H,24,26)(H,25,27). The summed E-state index contributed by atoms with van der Waals surface area (Å²) in [5, 5.41) is 14.9. The van der Waals surface area contributed by atoms with E-state index in [9.17, 15) is 14.4 Å². The van der Waals surface area contributed by atoms with Crippen LogP contribution in [0, 0.1) is 25.2 Å². The van der Waals surface area contributed by atoms with Gasteiger partial charge in [0.2, 0.25) is 5.91 Å². The van der Waals surface area contributed by atoms with E-state index in [1.165, 1.54) is 0 Å². The van der Waals surface area contributed by atoms with Gasteiger partial charge in [0.25, 0.3) is 11.5 Å². The van der Waals surface area contributed by atoms with Gasteiger partial charge >= 0.3 is 0 Å². The first-order valence-corrected chi connectivity index (χ1v) is 9.22. The molecule has 3 rings (SSSR count). The summed E-state index contributed by atoms with van der Waals surface area (Å²) in [7, 11) is 0. The first kappa shape index (κ1) is 19.4. The highest BCUT2D eigenvalue weighted by Crippen LogP contribution is 2.20. The lowest BCUT2D eigenvalue weighted by atomic mass is 9.99. The molecule has 0 atom stereocenters. The molecule has 1 fully saturated rings. The van der Waals surface area contributed by atoms with Gasteiger partial charge in [0.05, 0.1) is 0 Å². The van der Waals surface area contributed by atoms with Gasteiger partial charge in [-0.3, -0.25) is 14.4 Å². The van der Waals surface area contributed by atoms with Gasteiger partial charge in [-0.2, -0.15) is 5.26 Å². The molecule has 1 aromatic carbocycles. The Morgan fingerprint density at radius 1 is 1.29 bits per heavy atom. The number of amides is 2. The Kier molecular flexibility index (Phi) is 5.59. The molecule has 144 valence electrons. The first-order chi connectivity index (χ1) is 13.4. The van der Waals surface area contributed by atoms with Gasteiger partial charge in [0, 0.05) is 29.4 Å². The molecule has 7 nitrogen and oxygen atoms in total. The van der Waals surface area contributed by atoms with Crippen molar-refractivity contribution in [3.05, 3.63) is 62.6 Å². The number of nitrogens with one attached hydrogen (secondary N) is 3. The van der Waals surface area contributed by atoms with Crippen LogP contribution in [-0.4, -0.2) is 22.8 Å². The zero-order valence-corrected chi connectivity index (χ0v) is 15.9. The fraction of sp³-hybridized carbons (Fsp3) is 0.333. The number of H-pyrrole nitrogens is 1. The van der Waals surface area contributed by atoms with Crippen molar-refractivity contribution in [2.24, 2.45) is 0 Å². The van der Waals surface area contributed by atoms with Crippen molar-refractivity contribution in [1.29, 1.82) is 5.26 Å². The van der Waals surface area contributed by atoms with Crippen molar-refractivity contribution in [3.8, 4) is 6.07 Å². The number of aromatic nitrogens is 1. The molecule has 1 aliphatic rings. The van der Waals surface area contributed by atoms with Crippen LogP contribution in [0.3, 0.4) is 0 Å². The van der Waals surface area contributed by atoms with Crippen LogP contribution in [0.5, 0.6) is 0 Å². The molecule has 1 aliphatic carbocycles. The van der Waals surface area contributed by atoms with Crippen molar-refractivity contribution in [3.63, 3.8) is 0 Å². The number of pyridine rings is 1. The number of benzene rings is 1. The van der Waals surface area contributed by atoms with Crippen molar-refractivity contribution in [2.75, 3.05) is 5.32 Å². The van der Waals surface area contributed by atoms with Crippen molar-refractivity contribution < 1.29 is 9.59 Å². The Morgan fingerprint density at radius 3 is 2.71 bits per heavy atom. The number of hydrogen-bond donors (Lipinski definition) is 3. The molecule has 0 saturated heterocycles. The molecule has 2 aromatic rings. The molecule has 3 N–H and O–H groups in total. The van der Waals surface area contributed by atoms with Gasteiger partial charge in [-0.05, 0) is 62.4 Å². The number of rotatable bonds is 6. The minimum atomic E-state index is -0.410. The average molecular weight is 378 g/mol. The normalized spacial score (nSPS) is 12.9. The topological polar surface area (TPSA) is 115 Å². The van der Waals surface area contributed by atoms with Gasteiger partial charge < -0.3 is 15.6 Å². The lowest BCUT2D eigenvalue weighted by molar-refractivity contribution is -0.116. The summed E-state index contributed by atoms with van der Waals surface area (Å²) < 4.78 is 0. The minimum Gasteiger partial charge on any atom is -0.349 e. The molecule has 28 heavy (non-hydrogen) atoms. The molecule has 0 bridgehead atoms. The zero-order chi connectivity index (χ0) is 20.3. The zero-order valence-electron chi connectivity index (χ0n) is 15.9. The predicted molar refractivity (Wildman–Crippen MR) is 105 cm³/mol. The van der Waals surface area contributed by atoms with Crippen LogP contribution < -0.4 is 16.2 Å². The molecule has 1 aromatic heterocycles. The molecule has 0 unspecified atom stereocenters. The van der Waals surface area contributed by atoms with Crippen LogP contribution in [0.2, 0.25) is 0 Å². The lowest BCUT2D eigenvalue weighted by Gasteiger charge is -2.11. The third-order valence-electron chi connectivity index (χ3n) is 4.84. The smallest absolute Gasteiger partial charge is 0.266 e. The Balaban J connectivity index is 1.64. The Bertz CT molecular complexity index is 1030. The van der Waals surface area contributed by atoms with Crippen LogP contribution in [0.4, 0.5) is 5.69 Å². The van der Waals surface area contributed by atoms with E-state index in [4.69, 9.17) is 5.26 Å². The van der Waals surface area contributed by atoms with Crippen LogP contribution in [-0.2, 0) is 11.2 Å². The number of nitrogens with zero attached hydrogens (tertiary/aromatic N) is 1. The van der Waals surface area contributed by atoms with Crippen LogP contribution >= 0.6 is 0 Å². The monoisotopic (exact) mass is 378 g/mol. The van der Waals surface area contributed by atoms with E-state index >= 15 is 0 Å². The van der Waals surface area contributed by atoms with Crippen molar-refractivity contribution in [2.45, 2.75) is 45.6 Å². The van der Waals surface area contributed by atoms with Crippen LogP contribution in [0.15, 0.2) is 29.1 Å². The third kappa shape index (κ3) is 4.46. The van der Waals surface area contributed by atoms with Crippen LogP contribution in [0.1, 0.15) is 52.0 Å². The number of anilines is 1. The Labute approximate surface area is 162 Å². The summed E-state index contributed by atoms with van der Waals surface area (Å²) in [5.41, 5.74) is 2.80. The lowest BCUT2D eigenvalue weighted by Crippen LogP contribution is -2.25. The second-order valence-electron chi connectivity index (χ2n) is 7.05.